The smallest absolute Gasteiger partial charge is 0.416 e. The van der Waals surface area contributed by atoms with Crippen molar-refractivity contribution in [1.29, 1.82) is 0 Å². The van der Waals surface area contributed by atoms with Gasteiger partial charge < -0.3 is 15.9 Å². The molecule has 0 aliphatic carbocycles. The maximum absolute atomic E-state index is 12.8. The maximum Gasteiger partial charge on any atom is 0.416 e. The van der Waals surface area contributed by atoms with Gasteiger partial charge in [0.05, 0.1) is 6.04 Å². The Hall–Kier alpha value is -1.34. The summed E-state index contributed by atoms with van der Waals surface area (Å²) in [5.74, 6) is -1.79. The molecule has 0 heterocycles. The highest BCUT2D eigenvalue weighted by Gasteiger charge is 2.42. The zero-order chi connectivity index (χ0) is 12.5. The average molecular weight is 239 g/mol. The Bertz CT molecular complexity index is 380. The molecule has 0 fully saturated rings. The molecule has 2 atom stereocenters. The standard InChI is InChI=1S/C9H9F4NO2/c10-5-3-4(1-2-6(5)15)7(14)8(16)9(11,12)13/h1-3,7-8,15-16H,14H2/t7-,8-/m1/s1. The molecule has 0 aliphatic rings. The summed E-state index contributed by atoms with van der Waals surface area (Å²) in [5, 5.41) is 17.7. The number of rotatable bonds is 2. The summed E-state index contributed by atoms with van der Waals surface area (Å²) < 4.78 is 49.1. The van der Waals surface area contributed by atoms with Crippen LogP contribution in [0.15, 0.2) is 18.2 Å². The van der Waals surface area contributed by atoms with Crippen LogP contribution in [0.4, 0.5) is 17.6 Å². The largest absolute Gasteiger partial charge is 0.505 e. The first-order valence-electron chi connectivity index (χ1n) is 4.22. The number of aliphatic hydroxyl groups excluding tert-OH is 1. The van der Waals surface area contributed by atoms with E-state index in [-0.39, 0.29) is 5.56 Å². The molecular weight excluding hydrogens is 230 g/mol. The zero-order valence-corrected chi connectivity index (χ0v) is 7.87. The molecule has 0 amide bonds. The van der Waals surface area contributed by atoms with Crippen LogP contribution >= 0.6 is 0 Å². The SMILES string of the molecule is N[C@H](c1ccc(O)c(F)c1)[C@@H](O)C(F)(F)F. The summed E-state index contributed by atoms with van der Waals surface area (Å²) in [7, 11) is 0. The van der Waals surface area contributed by atoms with E-state index >= 15 is 0 Å². The summed E-state index contributed by atoms with van der Waals surface area (Å²) in [4.78, 5) is 0. The minimum absolute atomic E-state index is 0.250. The minimum Gasteiger partial charge on any atom is -0.505 e. The van der Waals surface area contributed by atoms with Crippen molar-refractivity contribution in [3.8, 4) is 5.75 Å². The number of halogens is 4. The van der Waals surface area contributed by atoms with E-state index in [1.165, 1.54) is 0 Å². The van der Waals surface area contributed by atoms with Crippen LogP contribution in [-0.2, 0) is 0 Å². The van der Waals surface area contributed by atoms with E-state index in [1.807, 2.05) is 0 Å². The van der Waals surface area contributed by atoms with Gasteiger partial charge in [-0.25, -0.2) is 4.39 Å². The van der Waals surface area contributed by atoms with E-state index in [2.05, 4.69) is 0 Å². The quantitative estimate of drug-likeness (QED) is 0.684. The second kappa shape index (κ2) is 4.26. The van der Waals surface area contributed by atoms with Gasteiger partial charge in [-0.05, 0) is 17.7 Å². The summed E-state index contributed by atoms with van der Waals surface area (Å²) in [6.45, 7) is 0. The second-order valence-electron chi connectivity index (χ2n) is 3.22. The fourth-order valence-electron chi connectivity index (χ4n) is 1.12. The molecule has 16 heavy (non-hydrogen) atoms. The van der Waals surface area contributed by atoms with Gasteiger partial charge in [0.25, 0.3) is 0 Å². The van der Waals surface area contributed by atoms with Crippen LogP contribution in [0.3, 0.4) is 0 Å². The predicted octanol–water partition coefficient (Wildman–Crippen LogP) is 1.45. The van der Waals surface area contributed by atoms with Gasteiger partial charge in [-0.15, -0.1) is 0 Å². The molecule has 0 spiro atoms. The highest BCUT2D eigenvalue weighted by molar-refractivity contribution is 5.30. The number of nitrogens with two attached hydrogens (primary N) is 1. The lowest BCUT2D eigenvalue weighted by Gasteiger charge is -2.21. The van der Waals surface area contributed by atoms with Gasteiger partial charge >= 0.3 is 6.18 Å². The van der Waals surface area contributed by atoms with Crippen molar-refractivity contribution in [3.63, 3.8) is 0 Å². The molecule has 1 aromatic carbocycles. The third-order valence-corrected chi connectivity index (χ3v) is 2.03. The number of benzene rings is 1. The zero-order valence-electron chi connectivity index (χ0n) is 7.87. The van der Waals surface area contributed by atoms with Gasteiger partial charge in [0.15, 0.2) is 17.7 Å². The average Bonchev–Trinajstić information content (AvgIpc) is 2.18. The van der Waals surface area contributed by atoms with Crippen LogP contribution in [0.5, 0.6) is 5.75 Å². The summed E-state index contributed by atoms with van der Waals surface area (Å²) in [6, 6.07) is 0.732. The van der Waals surface area contributed by atoms with Crippen LogP contribution in [0.25, 0.3) is 0 Å². The van der Waals surface area contributed by atoms with Gasteiger partial charge in [-0.1, -0.05) is 6.07 Å². The first kappa shape index (κ1) is 12.7. The van der Waals surface area contributed by atoms with Crippen molar-refractivity contribution in [3.05, 3.63) is 29.6 Å². The molecule has 1 rings (SSSR count). The van der Waals surface area contributed by atoms with Crippen molar-refractivity contribution < 1.29 is 27.8 Å². The number of phenols is 1. The van der Waals surface area contributed by atoms with Crippen molar-refractivity contribution >= 4 is 0 Å². The molecule has 1 aromatic rings. The number of aromatic hydroxyl groups is 1. The van der Waals surface area contributed by atoms with Crippen molar-refractivity contribution in [2.45, 2.75) is 18.3 Å². The number of alkyl halides is 3. The van der Waals surface area contributed by atoms with E-state index in [1.54, 1.807) is 0 Å². The van der Waals surface area contributed by atoms with E-state index in [9.17, 15) is 17.6 Å². The predicted molar refractivity (Wildman–Crippen MR) is 47.1 cm³/mol. The molecule has 0 aliphatic heterocycles. The highest BCUT2D eigenvalue weighted by Crippen LogP contribution is 2.30. The van der Waals surface area contributed by atoms with Gasteiger partial charge in [0.1, 0.15) is 0 Å². The fourth-order valence-corrected chi connectivity index (χ4v) is 1.12. The second-order valence-corrected chi connectivity index (χ2v) is 3.22. The van der Waals surface area contributed by atoms with Gasteiger partial charge in [0, 0.05) is 0 Å². The van der Waals surface area contributed by atoms with Crippen LogP contribution in [0, 0.1) is 5.82 Å². The van der Waals surface area contributed by atoms with Crippen LogP contribution in [-0.4, -0.2) is 22.5 Å². The summed E-state index contributed by atoms with van der Waals surface area (Å²) in [6.07, 6.45) is -7.66. The summed E-state index contributed by atoms with van der Waals surface area (Å²) in [5.41, 5.74) is 4.88. The third-order valence-electron chi connectivity index (χ3n) is 2.03. The molecule has 0 aromatic heterocycles. The molecule has 4 N–H and O–H groups in total. The van der Waals surface area contributed by atoms with E-state index in [0.717, 1.165) is 12.1 Å². The Balaban J connectivity index is 2.97. The van der Waals surface area contributed by atoms with Crippen molar-refractivity contribution in [2.24, 2.45) is 5.73 Å². The van der Waals surface area contributed by atoms with Gasteiger partial charge in [-0.3, -0.25) is 0 Å². The molecule has 0 unspecified atom stereocenters. The topological polar surface area (TPSA) is 66.5 Å². The Labute approximate surface area is 88.1 Å². The van der Waals surface area contributed by atoms with Crippen LogP contribution in [0.2, 0.25) is 0 Å². The van der Waals surface area contributed by atoms with Gasteiger partial charge in [-0.2, -0.15) is 13.2 Å². The molecule has 0 radical (unpaired) electrons. The maximum atomic E-state index is 12.8. The fraction of sp³-hybridized carbons (Fsp3) is 0.333. The first-order valence-corrected chi connectivity index (χ1v) is 4.22. The third kappa shape index (κ3) is 2.61. The number of aliphatic hydroxyl groups is 1. The normalized spacial score (nSPS) is 15.9. The molecule has 7 heteroatoms. The van der Waals surface area contributed by atoms with Crippen LogP contribution in [0.1, 0.15) is 11.6 Å². The lowest BCUT2D eigenvalue weighted by Crippen LogP contribution is -2.38. The lowest BCUT2D eigenvalue weighted by atomic mass is 10.0. The molecule has 0 saturated carbocycles. The molecular formula is C9H9F4NO2. The molecule has 90 valence electrons. The lowest BCUT2D eigenvalue weighted by molar-refractivity contribution is -0.210. The van der Waals surface area contributed by atoms with Crippen LogP contribution < -0.4 is 5.73 Å². The summed E-state index contributed by atoms with van der Waals surface area (Å²) >= 11 is 0. The first-order chi connectivity index (χ1) is 7.23. The number of hydrogen-bond donors (Lipinski definition) is 3. The van der Waals surface area contributed by atoms with E-state index in [0.29, 0.717) is 6.07 Å². The van der Waals surface area contributed by atoms with Crippen molar-refractivity contribution in [1.82, 2.24) is 0 Å². The molecule has 0 saturated heterocycles. The minimum atomic E-state index is -4.88. The molecule has 0 bridgehead atoms. The van der Waals surface area contributed by atoms with Crippen molar-refractivity contribution in [2.75, 3.05) is 0 Å². The Morgan fingerprint density at radius 1 is 1.25 bits per heavy atom. The number of phenolic OH excluding ortho intramolecular Hbond substituents is 1. The van der Waals surface area contributed by atoms with Gasteiger partial charge in [0.2, 0.25) is 0 Å². The Morgan fingerprint density at radius 2 is 1.81 bits per heavy atom. The van der Waals surface area contributed by atoms with E-state index in [4.69, 9.17) is 15.9 Å². The molecule has 3 nitrogen and oxygen atoms in total. The monoisotopic (exact) mass is 239 g/mol. The Kier molecular flexibility index (Phi) is 3.39. The Morgan fingerprint density at radius 3 is 2.25 bits per heavy atom. The highest BCUT2D eigenvalue weighted by atomic mass is 19.4. The van der Waals surface area contributed by atoms with E-state index < -0.39 is 29.9 Å². The number of hydrogen-bond acceptors (Lipinski definition) is 3.